The monoisotopic (exact) mass is 319 g/mol. The van der Waals surface area contributed by atoms with Crippen molar-refractivity contribution in [3.63, 3.8) is 0 Å². The van der Waals surface area contributed by atoms with E-state index in [0.29, 0.717) is 18.4 Å². The van der Waals surface area contributed by atoms with Crippen LogP contribution < -0.4 is 16.5 Å². The number of aliphatic hydroxyl groups excluding tert-OH is 1. The molecule has 6 N–H and O–H groups in total. The van der Waals surface area contributed by atoms with Gasteiger partial charge >= 0.3 is 0 Å². The maximum atomic E-state index is 12.1. The number of carbonyl (C=O) groups excluding carboxylic acids is 2. The van der Waals surface area contributed by atoms with E-state index in [9.17, 15) is 9.59 Å². The van der Waals surface area contributed by atoms with Crippen LogP contribution in [0.25, 0.3) is 0 Å². The molecule has 0 saturated carbocycles. The molecule has 0 fully saturated rings. The van der Waals surface area contributed by atoms with Crippen molar-refractivity contribution >= 4 is 11.8 Å². The fourth-order valence-corrected chi connectivity index (χ4v) is 1.77. The quantitative estimate of drug-likeness (QED) is 0.214. The van der Waals surface area contributed by atoms with Gasteiger partial charge in [-0.15, -0.1) is 0 Å². The van der Waals surface area contributed by atoms with Crippen molar-refractivity contribution in [3.05, 3.63) is 35.4 Å². The molecule has 0 spiro atoms. The third-order valence-corrected chi connectivity index (χ3v) is 3.04. The Balaban J connectivity index is 2.72. The van der Waals surface area contributed by atoms with Gasteiger partial charge in [-0.05, 0) is 37.6 Å². The van der Waals surface area contributed by atoms with E-state index in [4.69, 9.17) is 16.0 Å². The van der Waals surface area contributed by atoms with Crippen LogP contribution in [0.15, 0.2) is 24.3 Å². The van der Waals surface area contributed by atoms with Crippen LogP contribution in [0.5, 0.6) is 0 Å². The molecular formula is C16H21N3O4. The van der Waals surface area contributed by atoms with Gasteiger partial charge in [0.25, 0.3) is 11.8 Å². The number of nitrogens with two attached hydrogens (primary N) is 1. The van der Waals surface area contributed by atoms with Gasteiger partial charge < -0.3 is 16.2 Å². The molecule has 1 rings (SSSR count). The van der Waals surface area contributed by atoms with Crippen molar-refractivity contribution in [1.29, 1.82) is 0 Å². The van der Waals surface area contributed by atoms with E-state index in [1.807, 2.05) is 0 Å². The maximum Gasteiger partial charge on any atom is 0.267 e. The summed E-state index contributed by atoms with van der Waals surface area (Å²) in [6.45, 7) is 1.65. The van der Waals surface area contributed by atoms with Gasteiger partial charge in [-0.25, -0.2) is 5.48 Å². The van der Waals surface area contributed by atoms with Crippen molar-refractivity contribution in [2.75, 3.05) is 6.61 Å². The molecule has 1 aromatic rings. The highest BCUT2D eigenvalue weighted by Crippen LogP contribution is 2.05. The van der Waals surface area contributed by atoms with Gasteiger partial charge in [-0.3, -0.25) is 14.8 Å². The average Bonchev–Trinajstić information content (AvgIpc) is 2.56. The van der Waals surface area contributed by atoms with Crippen LogP contribution in [0.1, 0.15) is 35.7 Å². The topological polar surface area (TPSA) is 125 Å². The zero-order chi connectivity index (χ0) is 17.2. The van der Waals surface area contributed by atoms with E-state index in [1.54, 1.807) is 31.2 Å². The van der Waals surface area contributed by atoms with Crippen LogP contribution in [0.2, 0.25) is 0 Å². The maximum absolute atomic E-state index is 12.1. The molecule has 1 aromatic carbocycles. The minimum atomic E-state index is -1.04. The predicted molar refractivity (Wildman–Crippen MR) is 84.5 cm³/mol. The van der Waals surface area contributed by atoms with Crippen LogP contribution in [-0.2, 0) is 4.79 Å². The Kier molecular flexibility index (Phi) is 7.77. The van der Waals surface area contributed by atoms with Gasteiger partial charge in [0, 0.05) is 30.2 Å². The van der Waals surface area contributed by atoms with Gasteiger partial charge in [0.15, 0.2) is 0 Å². The van der Waals surface area contributed by atoms with Crippen LogP contribution >= 0.6 is 0 Å². The van der Waals surface area contributed by atoms with Crippen molar-refractivity contribution in [2.45, 2.75) is 31.8 Å². The normalized spacial score (nSPS) is 12.5. The van der Waals surface area contributed by atoms with E-state index < -0.39 is 23.9 Å². The Hall–Kier alpha value is -2.40. The number of hydroxylamine groups is 1. The third kappa shape index (κ3) is 6.08. The van der Waals surface area contributed by atoms with E-state index in [1.165, 1.54) is 5.48 Å². The minimum absolute atomic E-state index is 0.107. The number of hydrogen-bond acceptors (Lipinski definition) is 5. The summed E-state index contributed by atoms with van der Waals surface area (Å²) in [4.78, 5) is 23.6. The van der Waals surface area contributed by atoms with Gasteiger partial charge in [0.1, 0.15) is 6.04 Å². The highest BCUT2D eigenvalue weighted by atomic mass is 16.5. The summed E-state index contributed by atoms with van der Waals surface area (Å²) in [7, 11) is 0. The summed E-state index contributed by atoms with van der Waals surface area (Å²) in [6, 6.07) is 4.84. The Labute approximate surface area is 134 Å². The Morgan fingerprint density at radius 3 is 2.48 bits per heavy atom. The molecule has 0 aliphatic heterocycles. The van der Waals surface area contributed by atoms with E-state index in [0.717, 1.165) is 5.56 Å². The second kappa shape index (κ2) is 9.58. The molecule has 0 heterocycles. The molecule has 0 radical (unpaired) electrons. The lowest BCUT2D eigenvalue weighted by atomic mass is 10.1. The van der Waals surface area contributed by atoms with Crippen molar-refractivity contribution in [3.8, 4) is 11.8 Å². The standard InChI is InChI=1S/C16H21N3O4/c1-11(17)14(16(22)19-23)18-15(21)13-8-6-12(7-9-13)5-3-2-4-10-20/h6-9,11,14,20,23H,2,4,10,17H2,1H3,(H,18,21)(H,19,22)/t11-,14+/m1/s1. The lowest BCUT2D eigenvalue weighted by Gasteiger charge is -2.20. The molecule has 0 saturated heterocycles. The average molecular weight is 319 g/mol. The van der Waals surface area contributed by atoms with Gasteiger partial charge in [-0.2, -0.15) is 0 Å². The van der Waals surface area contributed by atoms with Crippen molar-refractivity contribution in [2.24, 2.45) is 5.73 Å². The summed E-state index contributed by atoms with van der Waals surface area (Å²) in [6.07, 6.45) is 1.23. The molecule has 23 heavy (non-hydrogen) atoms. The number of amides is 2. The summed E-state index contributed by atoms with van der Waals surface area (Å²) < 4.78 is 0. The molecule has 124 valence electrons. The Morgan fingerprint density at radius 1 is 1.30 bits per heavy atom. The molecular weight excluding hydrogens is 298 g/mol. The first-order chi connectivity index (χ1) is 11.0. The lowest BCUT2D eigenvalue weighted by Crippen LogP contribution is -2.54. The molecule has 7 heteroatoms. The minimum Gasteiger partial charge on any atom is -0.396 e. The van der Waals surface area contributed by atoms with Crippen LogP contribution in [0.3, 0.4) is 0 Å². The molecule has 0 aliphatic rings. The summed E-state index contributed by atoms with van der Waals surface area (Å²) in [5.41, 5.74) is 8.19. The zero-order valence-corrected chi connectivity index (χ0v) is 12.9. The number of carbonyl (C=O) groups is 2. The first-order valence-corrected chi connectivity index (χ1v) is 7.19. The SMILES string of the molecule is C[C@@H](N)[C@H](NC(=O)c1ccc(C#CCCCO)cc1)C(=O)NO. The number of unbranched alkanes of at least 4 members (excludes halogenated alkanes) is 1. The Bertz CT molecular complexity index is 588. The molecule has 2 amide bonds. The number of hydrogen-bond donors (Lipinski definition) is 5. The number of rotatable bonds is 6. The summed E-state index contributed by atoms with van der Waals surface area (Å²) in [5, 5.41) is 19.8. The number of benzene rings is 1. The van der Waals surface area contributed by atoms with Gasteiger partial charge in [0.2, 0.25) is 0 Å². The largest absolute Gasteiger partial charge is 0.396 e. The molecule has 7 nitrogen and oxygen atoms in total. The molecule has 0 aromatic heterocycles. The van der Waals surface area contributed by atoms with Gasteiger partial charge in [-0.1, -0.05) is 11.8 Å². The predicted octanol–water partition coefficient (Wildman–Crippen LogP) is -0.238. The smallest absolute Gasteiger partial charge is 0.267 e. The summed E-state index contributed by atoms with van der Waals surface area (Å²) in [5.74, 6) is 4.58. The second-order valence-corrected chi connectivity index (χ2v) is 4.99. The van der Waals surface area contributed by atoms with Gasteiger partial charge in [0.05, 0.1) is 0 Å². The molecule has 2 atom stereocenters. The highest BCUT2D eigenvalue weighted by molar-refractivity contribution is 5.97. The number of nitrogens with one attached hydrogen (secondary N) is 2. The fourth-order valence-electron chi connectivity index (χ4n) is 1.77. The lowest BCUT2D eigenvalue weighted by molar-refractivity contribution is -0.131. The second-order valence-electron chi connectivity index (χ2n) is 4.99. The first-order valence-electron chi connectivity index (χ1n) is 7.19. The van der Waals surface area contributed by atoms with E-state index in [2.05, 4.69) is 17.2 Å². The Morgan fingerprint density at radius 2 is 1.96 bits per heavy atom. The highest BCUT2D eigenvalue weighted by Gasteiger charge is 2.24. The third-order valence-electron chi connectivity index (χ3n) is 3.04. The van der Waals surface area contributed by atoms with Crippen LogP contribution in [0, 0.1) is 11.8 Å². The first kappa shape index (κ1) is 18.6. The van der Waals surface area contributed by atoms with E-state index >= 15 is 0 Å². The van der Waals surface area contributed by atoms with Crippen LogP contribution in [0.4, 0.5) is 0 Å². The van der Waals surface area contributed by atoms with E-state index in [-0.39, 0.29) is 6.61 Å². The molecule has 0 unspecified atom stereocenters. The number of aliphatic hydroxyl groups is 1. The van der Waals surface area contributed by atoms with Crippen molar-refractivity contribution < 1.29 is 19.9 Å². The van der Waals surface area contributed by atoms with Crippen LogP contribution in [-0.4, -0.2) is 40.8 Å². The fraction of sp³-hybridized carbons (Fsp3) is 0.375. The molecule has 0 bridgehead atoms. The summed E-state index contributed by atoms with van der Waals surface area (Å²) >= 11 is 0. The van der Waals surface area contributed by atoms with Crippen molar-refractivity contribution in [1.82, 2.24) is 10.8 Å². The molecule has 0 aliphatic carbocycles. The zero-order valence-electron chi connectivity index (χ0n) is 12.9.